The first-order valence-corrected chi connectivity index (χ1v) is 7.64. The maximum Gasteiger partial charge on any atom is 0.175 e. The van der Waals surface area contributed by atoms with Crippen LogP contribution in [0.5, 0.6) is 0 Å². The number of thiazole rings is 1. The second kappa shape index (κ2) is 5.01. The second-order valence-electron chi connectivity index (χ2n) is 4.94. The Morgan fingerprint density at radius 1 is 1.29 bits per heavy atom. The molecule has 3 aromatic rings. The molecule has 0 saturated carbocycles. The highest BCUT2D eigenvalue weighted by Crippen LogP contribution is 2.30. The fourth-order valence-corrected chi connectivity index (χ4v) is 3.40. The summed E-state index contributed by atoms with van der Waals surface area (Å²) in [6.07, 6.45) is 5.49. The van der Waals surface area contributed by atoms with Crippen molar-refractivity contribution < 1.29 is 0 Å². The number of hydrogen-bond acceptors (Lipinski definition) is 6. The summed E-state index contributed by atoms with van der Waals surface area (Å²) in [4.78, 5) is 9.46. The van der Waals surface area contributed by atoms with Crippen molar-refractivity contribution in [3.05, 3.63) is 47.1 Å². The summed E-state index contributed by atoms with van der Waals surface area (Å²) in [5.41, 5.74) is 1.16. The fraction of sp³-hybridized carbons (Fsp3) is 0.286. The van der Waals surface area contributed by atoms with E-state index in [0.717, 1.165) is 40.2 Å². The number of nitrogens with one attached hydrogen (secondary N) is 1. The number of nitrogens with zero attached hydrogens (tertiary/aromatic N) is 5. The van der Waals surface area contributed by atoms with Gasteiger partial charge in [-0.15, -0.1) is 21.5 Å². The molecule has 1 unspecified atom stereocenters. The lowest BCUT2D eigenvalue weighted by atomic mass is 10.1. The summed E-state index contributed by atoms with van der Waals surface area (Å²) >= 11 is 1.65. The molecule has 1 N–H and O–H groups in total. The molecule has 0 amide bonds. The molecule has 1 aliphatic heterocycles. The molecule has 0 fully saturated rings. The molecule has 7 heteroatoms. The summed E-state index contributed by atoms with van der Waals surface area (Å²) in [5.74, 6) is 1.87. The number of pyridine rings is 1. The monoisotopic (exact) mass is 298 g/mol. The van der Waals surface area contributed by atoms with Crippen molar-refractivity contribution in [2.45, 2.75) is 19.5 Å². The highest BCUT2D eigenvalue weighted by atomic mass is 32.1. The van der Waals surface area contributed by atoms with Crippen molar-refractivity contribution in [1.82, 2.24) is 30.0 Å². The molecule has 21 heavy (non-hydrogen) atoms. The normalized spacial score (nSPS) is 17.7. The molecule has 6 nitrogen and oxygen atoms in total. The smallest absolute Gasteiger partial charge is 0.175 e. The van der Waals surface area contributed by atoms with Gasteiger partial charge in [-0.3, -0.25) is 4.98 Å². The first kappa shape index (κ1) is 12.6. The maximum atomic E-state index is 4.41. The minimum atomic E-state index is 0.0667. The Morgan fingerprint density at radius 2 is 2.14 bits per heavy atom. The Kier molecular flexibility index (Phi) is 3.01. The molecule has 1 atom stereocenters. The Morgan fingerprint density at radius 3 is 2.90 bits per heavy atom. The zero-order valence-corrected chi connectivity index (χ0v) is 12.3. The van der Waals surface area contributed by atoms with Crippen LogP contribution in [0.1, 0.15) is 22.4 Å². The van der Waals surface area contributed by atoms with Crippen molar-refractivity contribution in [1.29, 1.82) is 0 Å². The highest BCUT2D eigenvalue weighted by molar-refractivity contribution is 7.14. The van der Waals surface area contributed by atoms with Crippen LogP contribution in [-0.4, -0.2) is 31.3 Å². The van der Waals surface area contributed by atoms with Gasteiger partial charge in [0.2, 0.25) is 0 Å². The zero-order chi connectivity index (χ0) is 14.2. The van der Waals surface area contributed by atoms with Crippen LogP contribution in [0, 0.1) is 6.92 Å². The molecule has 0 bridgehead atoms. The van der Waals surface area contributed by atoms with Crippen LogP contribution in [0.3, 0.4) is 0 Å². The van der Waals surface area contributed by atoms with Gasteiger partial charge in [0.15, 0.2) is 11.6 Å². The molecule has 1 aliphatic rings. The lowest BCUT2D eigenvalue weighted by molar-refractivity contribution is 0.458. The van der Waals surface area contributed by atoms with Gasteiger partial charge >= 0.3 is 0 Å². The number of aromatic nitrogens is 5. The minimum Gasteiger partial charge on any atom is -0.307 e. The molecule has 3 aromatic heterocycles. The molecular weight excluding hydrogens is 284 g/mol. The van der Waals surface area contributed by atoms with Crippen LogP contribution in [0.15, 0.2) is 30.7 Å². The number of aryl methyl sites for hydroxylation is 1. The third-order valence-corrected chi connectivity index (χ3v) is 4.51. The van der Waals surface area contributed by atoms with Gasteiger partial charge in [-0.1, -0.05) is 0 Å². The summed E-state index contributed by atoms with van der Waals surface area (Å²) in [5, 5.41) is 13.3. The van der Waals surface area contributed by atoms with Gasteiger partial charge in [-0.2, -0.15) is 0 Å². The summed E-state index contributed by atoms with van der Waals surface area (Å²) in [6, 6.07) is 4.09. The van der Waals surface area contributed by atoms with Crippen molar-refractivity contribution in [2.75, 3.05) is 6.54 Å². The van der Waals surface area contributed by atoms with E-state index in [1.54, 1.807) is 23.7 Å². The first-order valence-electron chi connectivity index (χ1n) is 6.82. The van der Waals surface area contributed by atoms with Crippen LogP contribution in [0.2, 0.25) is 0 Å². The Labute approximate surface area is 125 Å². The average Bonchev–Trinajstić information content (AvgIpc) is 3.13. The number of hydrogen-bond donors (Lipinski definition) is 1. The van der Waals surface area contributed by atoms with E-state index in [9.17, 15) is 0 Å². The predicted octanol–water partition coefficient (Wildman–Crippen LogP) is 1.80. The fourth-order valence-electron chi connectivity index (χ4n) is 2.63. The van der Waals surface area contributed by atoms with Gasteiger partial charge in [-0.25, -0.2) is 4.98 Å². The van der Waals surface area contributed by atoms with Crippen molar-refractivity contribution in [3.63, 3.8) is 0 Å². The van der Waals surface area contributed by atoms with Crippen molar-refractivity contribution in [3.8, 4) is 10.7 Å². The Balaban J connectivity index is 1.79. The van der Waals surface area contributed by atoms with Crippen molar-refractivity contribution >= 4 is 11.3 Å². The molecule has 4 heterocycles. The van der Waals surface area contributed by atoms with E-state index in [1.807, 2.05) is 25.3 Å². The second-order valence-corrected chi connectivity index (χ2v) is 6.18. The van der Waals surface area contributed by atoms with E-state index in [0.29, 0.717) is 0 Å². The molecular formula is C14H14N6S. The first-order chi connectivity index (χ1) is 10.3. The Bertz CT molecular complexity index is 763. The molecule has 0 saturated heterocycles. The van der Waals surface area contributed by atoms with Crippen LogP contribution < -0.4 is 5.32 Å². The van der Waals surface area contributed by atoms with Crippen LogP contribution in [-0.2, 0) is 6.54 Å². The lowest BCUT2D eigenvalue weighted by Gasteiger charge is -2.25. The van der Waals surface area contributed by atoms with E-state index in [2.05, 4.69) is 30.0 Å². The van der Waals surface area contributed by atoms with Gasteiger partial charge in [0, 0.05) is 31.7 Å². The largest absolute Gasteiger partial charge is 0.307 e. The van der Waals surface area contributed by atoms with E-state index < -0.39 is 0 Å². The third kappa shape index (κ3) is 2.14. The van der Waals surface area contributed by atoms with Crippen LogP contribution in [0.25, 0.3) is 10.7 Å². The number of fused-ring (bicyclic) bond motifs is 1. The third-order valence-electron chi connectivity index (χ3n) is 3.60. The van der Waals surface area contributed by atoms with Gasteiger partial charge in [0.25, 0.3) is 0 Å². The van der Waals surface area contributed by atoms with E-state index in [1.165, 1.54) is 0 Å². The SMILES string of the molecule is Cc1ncc(-c2nnc3n2CCNC3c2ccncc2)s1. The van der Waals surface area contributed by atoms with Crippen molar-refractivity contribution in [2.24, 2.45) is 0 Å². The topological polar surface area (TPSA) is 68.5 Å². The van der Waals surface area contributed by atoms with Gasteiger partial charge in [-0.05, 0) is 24.6 Å². The zero-order valence-electron chi connectivity index (χ0n) is 11.5. The van der Waals surface area contributed by atoms with E-state index in [4.69, 9.17) is 0 Å². The lowest BCUT2D eigenvalue weighted by Crippen LogP contribution is -2.34. The summed E-state index contributed by atoms with van der Waals surface area (Å²) in [7, 11) is 0. The predicted molar refractivity (Wildman–Crippen MR) is 79.9 cm³/mol. The highest BCUT2D eigenvalue weighted by Gasteiger charge is 2.27. The molecule has 106 valence electrons. The van der Waals surface area contributed by atoms with E-state index in [-0.39, 0.29) is 6.04 Å². The van der Waals surface area contributed by atoms with Gasteiger partial charge < -0.3 is 9.88 Å². The summed E-state index contributed by atoms with van der Waals surface area (Å²) in [6.45, 7) is 3.77. The summed E-state index contributed by atoms with van der Waals surface area (Å²) < 4.78 is 2.19. The van der Waals surface area contributed by atoms with Crippen LogP contribution >= 0.6 is 11.3 Å². The average molecular weight is 298 g/mol. The quantitative estimate of drug-likeness (QED) is 0.781. The minimum absolute atomic E-state index is 0.0667. The number of rotatable bonds is 2. The molecule has 0 aromatic carbocycles. The standard InChI is InChI=1S/C14H14N6S/c1-9-17-8-11(21-9)13-18-19-14-12(16-6-7-20(13)14)10-2-4-15-5-3-10/h2-5,8,12,16H,6-7H2,1H3. The molecule has 4 rings (SSSR count). The Hall–Kier alpha value is -2.12. The molecule has 0 aliphatic carbocycles. The molecule has 0 radical (unpaired) electrons. The van der Waals surface area contributed by atoms with Crippen LogP contribution in [0.4, 0.5) is 0 Å². The van der Waals surface area contributed by atoms with Gasteiger partial charge in [0.1, 0.15) is 0 Å². The molecule has 0 spiro atoms. The van der Waals surface area contributed by atoms with Gasteiger partial charge in [0.05, 0.1) is 15.9 Å². The maximum absolute atomic E-state index is 4.41. The van der Waals surface area contributed by atoms with E-state index >= 15 is 0 Å².